The first-order chi connectivity index (χ1) is 8.38. The van der Waals surface area contributed by atoms with E-state index in [4.69, 9.17) is 0 Å². The molecule has 0 atom stereocenters. The molecule has 1 aliphatic rings. The molecule has 1 heterocycles. The van der Waals surface area contributed by atoms with Crippen LogP contribution in [0.1, 0.15) is 5.56 Å². The van der Waals surface area contributed by atoms with Gasteiger partial charge in [0.05, 0.1) is 17.2 Å². The Morgan fingerprint density at radius 1 is 1.33 bits per heavy atom. The van der Waals surface area contributed by atoms with E-state index in [0.717, 1.165) is 0 Å². The molecule has 1 aromatic rings. The van der Waals surface area contributed by atoms with Gasteiger partial charge in [0.15, 0.2) is 0 Å². The average molecular weight is 262 g/mol. The van der Waals surface area contributed by atoms with Crippen molar-refractivity contribution >= 4 is 11.6 Å². The van der Waals surface area contributed by atoms with Gasteiger partial charge in [-0.1, -0.05) is 0 Å². The highest BCUT2D eigenvalue weighted by Crippen LogP contribution is 2.31. The minimum absolute atomic E-state index is 0.320. The van der Waals surface area contributed by atoms with Gasteiger partial charge < -0.3 is 10.6 Å². The van der Waals surface area contributed by atoms with Crippen molar-refractivity contribution in [3.05, 3.63) is 29.6 Å². The molecule has 3 nitrogen and oxygen atoms in total. The summed E-state index contributed by atoms with van der Waals surface area (Å²) in [7, 11) is 0. The number of carbonyl (C=O) groups is 1. The standard InChI is InChI=1S/C11H10F4N2O/c12-8-2-1-7(11(13,14)15)3-9(8)17-10(18)6-4-16-5-6/h1-3,6,16H,4-5H2,(H,17,18). The minimum atomic E-state index is -4.56. The molecule has 0 aliphatic carbocycles. The molecule has 0 bridgehead atoms. The van der Waals surface area contributed by atoms with E-state index in [2.05, 4.69) is 10.6 Å². The molecule has 0 saturated carbocycles. The zero-order valence-corrected chi connectivity index (χ0v) is 9.14. The molecular weight excluding hydrogens is 252 g/mol. The summed E-state index contributed by atoms with van der Waals surface area (Å²) in [6, 6.07) is 1.92. The quantitative estimate of drug-likeness (QED) is 0.800. The smallest absolute Gasteiger partial charge is 0.323 e. The third-order valence-electron chi connectivity index (χ3n) is 2.70. The van der Waals surface area contributed by atoms with Crippen molar-refractivity contribution < 1.29 is 22.4 Å². The summed E-state index contributed by atoms with van der Waals surface area (Å²) in [5.41, 5.74) is -1.44. The molecule has 1 fully saturated rings. The molecule has 2 N–H and O–H groups in total. The molecule has 1 aliphatic heterocycles. The van der Waals surface area contributed by atoms with Crippen molar-refractivity contribution in [1.82, 2.24) is 5.32 Å². The second-order valence-corrected chi connectivity index (χ2v) is 4.04. The highest BCUT2D eigenvalue weighted by Gasteiger charge is 2.32. The van der Waals surface area contributed by atoms with Crippen LogP contribution in [0.15, 0.2) is 18.2 Å². The zero-order chi connectivity index (χ0) is 13.3. The minimum Gasteiger partial charge on any atom is -0.323 e. The van der Waals surface area contributed by atoms with Gasteiger partial charge in [-0.25, -0.2) is 4.39 Å². The van der Waals surface area contributed by atoms with E-state index < -0.39 is 29.2 Å². The fraction of sp³-hybridized carbons (Fsp3) is 0.364. The number of amides is 1. The van der Waals surface area contributed by atoms with Crippen LogP contribution in [0.2, 0.25) is 0 Å². The molecule has 7 heteroatoms. The first-order valence-electron chi connectivity index (χ1n) is 5.26. The van der Waals surface area contributed by atoms with Gasteiger partial charge in [-0.2, -0.15) is 13.2 Å². The van der Waals surface area contributed by atoms with Crippen LogP contribution < -0.4 is 10.6 Å². The number of nitrogens with one attached hydrogen (secondary N) is 2. The molecule has 1 aromatic carbocycles. The summed E-state index contributed by atoms with van der Waals surface area (Å²) in [6.07, 6.45) is -4.56. The van der Waals surface area contributed by atoms with Crippen molar-refractivity contribution in [3.8, 4) is 0 Å². The van der Waals surface area contributed by atoms with Gasteiger partial charge >= 0.3 is 6.18 Å². The highest BCUT2D eigenvalue weighted by atomic mass is 19.4. The Kier molecular flexibility index (Phi) is 3.25. The number of benzene rings is 1. The summed E-state index contributed by atoms with van der Waals surface area (Å²) in [5, 5.41) is 5.01. The summed E-state index contributed by atoms with van der Waals surface area (Å²) in [5.74, 6) is -1.69. The van der Waals surface area contributed by atoms with Crippen LogP contribution in [0.5, 0.6) is 0 Å². The molecule has 2 rings (SSSR count). The Morgan fingerprint density at radius 3 is 2.50 bits per heavy atom. The normalized spacial score (nSPS) is 16.2. The van der Waals surface area contributed by atoms with Gasteiger partial charge in [-0.15, -0.1) is 0 Å². The summed E-state index contributed by atoms with van der Waals surface area (Å²) >= 11 is 0. The lowest BCUT2D eigenvalue weighted by Crippen LogP contribution is -2.48. The van der Waals surface area contributed by atoms with E-state index in [-0.39, 0.29) is 5.92 Å². The Bertz CT molecular complexity index is 469. The Morgan fingerprint density at radius 2 is 2.00 bits per heavy atom. The van der Waals surface area contributed by atoms with Crippen LogP contribution in [-0.2, 0) is 11.0 Å². The van der Waals surface area contributed by atoms with E-state index in [9.17, 15) is 22.4 Å². The van der Waals surface area contributed by atoms with Crippen LogP contribution in [-0.4, -0.2) is 19.0 Å². The maximum absolute atomic E-state index is 13.3. The molecule has 1 saturated heterocycles. The fourth-order valence-electron chi connectivity index (χ4n) is 1.51. The molecule has 0 unspecified atom stereocenters. The predicted molar refractivity (Wildman–Crippen MR) is 56.4 cm³/mol. The third kappa shape index (κ3) is 2.61. The van der Waals surface area contributed by atoms with Crippen LogP contribution in [0.4, 0.5) is 23.2 Å². The predicted octanol–water partition coefficient (Wildman–Crippen LogP) is 2.00. The first-order valence-corrected chi connectivity index (χ1v) is 5.26. The second-order valence-electron chi connectivity index (χ2n) is 4.04. The van der Waals surface area contributed by atoms with Crippen molar-refractivity contribution in [2.24, 2.45) is 5.92 Å². The maximum Gasteiger partial charge on any atom is 0.416 e. The van der Waals surface area contributed by atoms with Gasteiger partial charge in [-0.3, -0.25) is 4.79 Å². The number of halogens is 4. The van der Waals surface area contributed by atoms with Crippen LogP contribution in [0, 0.1) is 11.7 Å². The van der Waals surface area contributed by atoms with Gasteiger partial charge in [0.25, 0.3) is 0 Å². The van der Waals surface area contributed by atoms with E-state index in [1.807, 2.05) is 0 Å². The summed E-state index contributed by atoms with van der Waals surface area (Å²) in [4.78, 5) is 11.5. The van der Waals surface area contributed by atoms with Gasteiger partial charge in [0.2, 0.25) is 5.91 Å². The Balaban J connectivity index is 2.18. The number of hydrogen-bond acceptors (Lipinski definition) is 2. The lowest BCUT2D eigenvalue weighted by molar-refractivity contribution is -0.137. The molecule has 0 spiro atoms. The number of carbonyl (C=O) groups excluding carboxylic acids is 1. The monoisotopic (exact) mass is 262 g/mol. The highest BCUT2D eigenvalue weighted by molar-refractivity contribution is 5.93. The molecule has 98 valence electrons. The Labute approximate surface area is 100 Å². The number of hydrogen-bond donors (Lipinski definition) is 2. The summed E-state index contributed by atoms with van der Waals surface area (Å²) in [6.45, 7) is 0.902. The molecule has 0 aromatic heterocycles. The summed E-state index contributed by atoms with van der Waals surface area (Å²) < 4.78 is 50.6. The largest absolute Gasteiger partial charge is 0.416 e. The molecule has 18 heavy (non-hydrogen) atoms. The van der Waals surface area contributed by atoms with Crippen molar-refractivity contribution in [2.75, 3.05) is 18.4 Å². The number of alkyl halides is 3. The first kappa shape index (κ1) is 12.8. The average Bonchev–Trinajstić information content (AvgIpc) is 2.16. The van der Waals surface area contributed by atoms with Gasteiger partial charge in [0.1, 0.15) is 5.82 Å². The third-order valence-corrected chi connectivity index (χ3v) is 2.70. The topological polar surface area (TPSA) is 41.1 Å². The fourth-order valence-corrected chi connectivity index (χ4v) is 1.51. The molecule has 1 amide bonds. The van der Waals surface area contributed by atoms with E-state index in [1.165, 1.54) is 0 Å². The van der Waals surface area contributed by atoms with Crippen LogP contribution in [0.25, 0.3) is 0 Å². The molecule has 0 radical (unpaired) electrons. The van der Waals surface area contributed by atoms with Crippen molar-refractivity contribution in [2.45, 2.75) is 6.18 Å². The lowest BCUT2D eigenvalue weighted by Gasteiger charge is -2.26. The zero-order valence-electron chi connectivity index (χ0n) is 9.14. The Hall–Kier alpha value is -1.63. The number of rotatable bonds is 2. The van der Waals surface area contributed by atoms with E-state index in [0.29, 0.717) is 31.3 Å². The second kappa shape index (κ2) is 4.56. The van der Waals surface area contributed by atoms with Crippen molar-refractivity contribution in [3.63, 3.8) is 0 Å². The number of anilines is 1. The van der Waals surface area contributed by atoms with E-state index >= 15 is 0 Å². The van der Waals surface area contributed by atoms with Crippen LogP contribution in [0.3, 0.4) is 0 Å². The van der Waals surface area contributed by atoms with Gasteiger partial charge in [-0.05, 0) is 18.2 Å². The lowest BCUT2D eigenvalue weighted by atomic mass is 10.0. The van der Waals surface area contributed by atoms with Crippen LogP contribution >= 0.6 is 0 Å². The van der Waals surface area contributed by atoms with Gasteiger partial charge in [0, 0.05) is 13.1 Å². The van der Waals surface area contributed by atoms with E-state index in [1.54, 1.807) is 0 Å². The molecular formula is C11H10F4N2O. The van der Waals surface area contributed by atoms with Crippen molar-refractivity contribution in [1.29, 1.82) is 0 Å². The SMILES string of the molecule is O=C(Nc1cc(C(F)(F)F)ccc1F)C1CNC1. The maximum atomic E-state index is 13.3.